The smallest absolute Gasteiger partial charge is 0.187 e. The number of nitrogens with one attached hydrogen (secondary N) is 1. The van der Waals surface area contributed by atoms with Crippen LogP contribution in [0.25, 0.3) is 0 Å². The molecule has 0 saturated heterocycles. The highest BCUT2D eigenvalue weighted by atomic mass is 27.0. The maximum atomic E-state index is 8.15. The van der Waals surface area contributed by atoms with Gasteiger partial charge in [0.15, 0.2) is 17.4 Å². The molecule has 0 radical (unpaired) electrons. The van der Waals surface area contributed by atoms with E-state index in [2.05, 4.69) is 5.32 Å². The minimum atomic E-state index is 0. The van der Waals surface area contributed by atoms with E-state index < -0.39 is 0 Å². The van der Waals surface area contributed by atoms with Crippen molar-refractivity contribution in [2.24, 2.45) is 0 Å². The zero-order valence-corrected chi connectivity index (χ0v) is 4.22. The summed E-state index contributed by atoms with van der Waals surface area (Å²) in [6.07, 6.45) is 0. The first kappa shape index (κ1) is 11.2. The SMILES string of the molecule is OCCNCCO.[AlH3]. The van der Waals surface area contributed by atoms with E-state index in [4.69, 9.17) is 10.2 Å². The molecule has 0 bridgehead atoms. The molecule has 0 aliphatic carbocycles. The molecule has 4 heteroatoms. The molecule has 0 heterocycles. The predicted molar refractivity (Wildman–Crippen MR) is 37.0 cm³/mol. The van der Waals surface area contributed by atoms with Gasteiger partial charge in [-0.2, -0.15) is 0 Å². The predicted octanol–water partition coefficient (Wildman–Crippen LogP) is -2.62. The van der Waals surface area contributed by atoms with E-state index in [1.807, 2.05) is 0 Å². The van der Waals surface area contributed by atoms with Gasteiger partial charge in [-0.25, -0.2) is 0 Å². The number of rotatable bonds is 4. The molecule has 0 aromatic heterocycles. The van der Waals surface area contributed by atoms with E-state index in [1.165, 1.54) is 0 Å². The molecule has 8 heavy (non-hydrogen) atoms. The molecule has 0 amide bonds. The standard InChI is InChI=1S/C4H11NO2.Al.3H/c6-3-1-5-2-4-7;;;;/h5-7H,1-4H2;;;;. The number of hydrogen-bond donors (Lipinski definition) is 3. The van der Waals surface area contributed by atoms with E-state index in [9.17, 15) is 0 Å². The van der Waals surface area contributed by atoms with Crippen LogP contribution in [-0.2, 0) is 0 Å². The van der Waals surface area contributed by atoms with Gasteiger partial charge < -0.3 is 15.5 Å². The van der Waals surface area contributed by atoms with Crippen LogP contribution in [0, 0.1) is 0 Å². The molecular weight excluding hydrogens is 121 g/mol. The second-order valence-corrected chi connectivity index (χ2v) is 1.20. The van der Waals surface area contributed by atoms with Crippen LogP contribution < -0.4 is 5.32 Å². The first-order valence-corrected chi connectivity index (χ1v) is 2.34. The normalized spacial score (nSPS) is 8.25. The first-order chi connectivity index (χ1) is 3.41. The van der Waals surface area contributed by atoms with Crippen LogP contribution in [0.4, 0.5) is 0 Å². The van der Waals surface area contributed by atoms with Crippen molar-refractivity contribution in [3.8, 4) is 0 Å². The fourth-order valence-electron chi connectivity index (χ4n) is 0.283. The van der Waals surface area contributed by atoms with Crippen LogP contribution >= 0.6 is 0 Å². The molecular formula is C4H14AlNO2. The summed E-state index contributed by atoms with van der Waals surface area (Å²) in [6.45, 7) is 1.42. The van der Waals surface area contributed by atoms with Crippen LogP contribution in [0.2, 0.25) is 0 Å². The van der Waals surface area contributed by atoms with Crippen molar-refractivity contribution < 1.29 is 10.2 Å². The molecule has 0 aliphatic heterocycles. The maximum Gasteiger partial charge on any atom is 0.187 e. The van der Waals surface area contributed by atoms with Crippen molar-refractivity contribution in [1.29, 1.82) is 0 Å². The lowest BCUT2D eigenvalue weighted by atomic mass is 10.6. The second kappa shape index (κ2) is 10.4. The van der Waals surface area contributed by atoms with Crippen LogP contribution in [0.3, 0.4) is 0 Å². The molecule has 0 aliphatic rings. The van der Waals surface area contributed by atoms with Gasteiger partial charge in [-0.1, -0.05) is 0 Å². The van der Waals surface area contributed by atoms with E-state index in [1.54, 1.807) is 0 Å². The first-order valence-electron chi connectivity index (χ1n) is 2.34. The highest BCUT2D eigenvalue weighted by Gasteiger charge is 1.78. The van der Waals surface area contributed by atoms with E-state index in [-0.39, 0.29) is 30.6 Å². The fraction of sp³-hybridized carbons (Fsp3) is 1.00. The third kappa shape index (κ3) is 9.65. The van der Waals surface area contributed by atoms with Gasteiger partial charge >= 0.3 is 0 Å². The molecule has 50 valence electrons. The molecule has 0 saturated carbocycles. The van der Waals surface area contributed by atoms with Gasteiger partial charge in [0.1, 0.15) is 0 Å². The Balaban J connectivity index is 0. The molecule has 0 fully saturated rings. The van der Waals surface area contributed by atoms with Crippen molar-refractivity contribution in [2.75, 3.05) is 26.3 Å². The third-order valence-corrected chi connectivity index (χ3v) is 0.577. The maximum absolute atomic E-state index is 8.15. The summed E-state index contributed by atoms with van der Waals surface area (Å²) in [5.41, 5.74) is 0. The lowest BCUT2D eigenvalue weighted by Gasteiger charge is -1.94. The average Bonchev–Trinajstić information content (AvgIpc) is 1.69. The molecule has 0 aromatic carbocycles. The van der Waals surface area contributed by atoms with E-state index >= 15 is 0 Å². The second-order valence-electron chi connectivity index (χ2n) is 1.20. The molecule has 0 aromatic rings. The summed E-state index contributed by atoms with van der Waals surface area (Å²) in [5, 5.41) is 19.1. The minimum Gasteiger partial charge on any atom is -0.395 e. The van der Waals surface area contributed by atoms with Gasteiger partial charge in [-0.05, 0) is 0 Å². The Hall–Kier alpha value is 0.412. The minimum absolute atomic E-state index is 0. The lowest BCUT2D eigenvalue weighted by Crippen LogP contribution is -2.21. The lowest BCUT2D eigenvalue weighted by molar-refractivity contribution is 0.267. The van der Waals surface area contributed by atoms with Crippen LogP contribution in [0.15, 0.2) is 0 Å². The van der Waals surface area contributed by atoms with Crippen molar-refractivity contribution in [2.45, 2.75) is 0 Å². The third-order valence-electron chi connectivity index (χ3n) is 0.577. The van der Waals surface area contributed by atoms with E-state index in [0.717, 1.165) is 0 Å². The van der Waals surface area contributed by atoms with Crippen LogP contribution in [0.1, 0.15) is 0 Å². The zero-order valence-electron chi connectivity index (χ0n) is 4.22. The van der Waals surface area contributed by atoms with Gasteiger partial charge in [0.2, 0.25) is 0 Å². The topological polar surface area (TPSA) is 52.5 Å². The van der Waals surface area contributed by atoms with Gasteiger partial charge in [-0.15, -0.1) is 0 Å². The van der Waals surface area contributed by atoms with Crippen LogP contribution in [-0.4, -0.2) is 53.9 Å². The van der Waals surface area contributed by atoms with Crippen molar-refractivity contribution >= 4 is 17.4 Å². The summed E-state index contributed by atoms with van der Waals surface area (Å²) in [6, 6.07) is 0. The number of aliphatic hydroxyl groups is 2. The Morgan fingerprint density at radius 3 is 1.62 bits per heavy atom. The average molecular weight is 135 g/mol. The van der Waals surface area contributed by atoms with Gasteiger partial charge in [-0.3, -0.25) is 0 Å². The molecule has 0 atom stereocenters. The van der Waals surface area contributed by atoms with E-state index in [0.29, 0.717) is 13.1 Å². The summed E-state index contributed by atoms with van der Waals surface area (Å²) in [4.78, 5) is 0. The Bertz CT molecular complexity index is 33.2. The summed E-state index contributed by atoms with van der Waals surface area (Å²) in [5.74, 6) is 0. The van der Waals surface area contributed by atoms with Gasteiger partial charge in [0.25, 0.3) is 0 Å². The van der Waals surface area contributed by atoms with Crippen molar-refractivity contribution in [1.82, 2.24) is 5.32 Å². The van der Waals surface area contributed by atoms with Crippen molar-refractivity contribution in [3.05, 3.63) is 0 Å². The number of hydrogen-bond acceptors (Lipinski definition) is 3. The van der Waals surface area contributed by atoms with Crippen molar-refractivity contribution in [3.63, 3.8) is 0 Å². The molecule has 0 spiro atoms. The molecule has 0 rings (SSSR count). The highest BCUT2D eigenvalue weighted by molar-refractivity contribution is 5.75. The monoisotopic (exact) mass is 135 g/mol. The number of aliphatic hydroxyl groups excluding tert-OH is 2. The molecule has 3 nitrogen and oxygen atoms in total. The van der Waals surface area contributed by atoms with Gasteiger partial charge in [0.05, 0.1) is 13.2 Å². The fourth-order valence-corrected chi connectivity index (χ4v) is 0.283. The highest BCUT2D eigenvalue weighted by Crippen LogP contribution is 1.54. The zero-order chi connectivity index (χ0) is 5.54. The summed E-state index contributed by atoms with van der Waals surface area (Å²) >= 11 is 0. The molecule has 3 N–H and O–H groups in total. The molecule has 0 unspecified atom stereocenters. The quantitative estimate of drug-likeness (QED) is 0.292. The van der Waals surface area contributed by atoms with Crippen LogP contribution in [0.5, 0.6) is 0 Å². The Kier molecular flexibility index (Phi) is 14.6. The Morgan fingerprint density at radius 2 is 1.38 bits per heavy atom. The summed E-state index contributed by atoms with van der Waals surface area (Å²) in [7, 11) is 0. The summed E-state index contributed by atoms with van der Waals surface area (Å²) < 4.78 is 0. The largest absolute Gasteiger partial charge is 0.395 e. The Morgan fingerprint density at radius 1 is 1.00 bits per heavy atom. The Labute approximate surface area is 59.8 Å². The van der Waals surface area contributed by atoms with Gasteiger partial charge in [0, 0.05) is 13.1 Å².